The molecule has 2 unspecified atom stereocenters. The van der Waals surface area contributed by atoms with Crippen molar-refractivity contribution in [2.45, 2.75) is 13.8 Å². The van der Waals surface area contributed by atoms with E-state index in [0.717, 1.165) is 6.08 Å². The van der Waals surface area contributed by atoms with Crippen LogP contribution in [-0.2, 0) is 14.3 Å². The number of hydrogen-bond donors (Lipinski definition) is 1. The van der Waals surface area contributed by atoms with Crippen molar-refractivity contribution in [1.29, 1.82) is 5.26 Å². The number of ether oxygens (including phenoxy) is 1. The Morgan fingerprint density at radius 2 is 2.00 bits per heavy atom. The van der Waals surface area contributed by atoms with Crippen LogP contribution in [0.4, 0.5) is 0 Å². The zero-order valence-electron chi connectivity index (χ0n) is 9.35. The number of carbonyl (C=O) groups excluding carboxylic acids is 1. The molecule has 0 radical (unpaired) electrons. The quantitative estimate of drug-likeness (QED) is 0.436. The number of carboxylic acids is 1. The van der Waals surface area contributed by atoms with Gasteiger partial charge in [0, 0.05) is 12.0 Å². The first kappa shape index (κ1) is 12.2. The highest BCUT2D eigenvalue weighted by molar-refractivity contribution is 6.02. The molecule has 5 heteroatoms. The molecule has 0 bridgehead atoms. The Morgan fingerprint density at radius 1 is 1.44 bits per heavy atom. The summed E-state index contributed by atoms with van der Waals surface area (Å²) >= 11 is 0. The third-order valence-electron chi connectivity index (χ3n) is 3.02. The number of allylic oxidation sites excluding steroid dienone is 2. The molecule has 0 aromatic rings. The van der Waals surface area contributed by atoms with Crippen LogP contribution in [0.25, 0.3) is 0 Å². The van der Waals surface area contributed by atoms with Crippen molar-refractivity contribution in [3.05, 3.63) is 11.8 Å². The Kier molecular flexibility index (Phi) is 3.04. The van der Waals surface area contributed by atoms with E-state index in [1.165, 1.54) is 13.2 Å². The Morgan fingerprint density at radius 3 is 2.31 bits per heavy atom. The van der Waals surface area contributed by atoms with Crippen LogP contribution in [0.2, 0.25) is 0 Å². The minimum absolute atomic E-state index is 0.268. The van der Waals surface area contributed by atoms with Gasteiger partial charge in [-0.1, -0.05) is 13.8 Å². The van der Waals surface area contributed by atoms with Gasteiger partial charge in [0.25, 0.3) is 5.78 Å². The number of carboxylic acid groups (broad SMARTS) is 1. The summed E-state index contributed by atoms with van der Waals surface area (Å²) < 4.78 is 4.99. The highest BCUT2D eigenvalue weighted by Gasteiger charge is 2.64. The van der Waals surface area contributed by atoms with E-state index in [4.69, 9.17) is 15.1 Å². The average Bonchev–Trinajstić information content (AvgIpc) is 2.77. The van der Waals surface area contributed by atoms with Gasteiger partial charge in [0.2, 0.25) is 0 Å². The molecular weight excluding hydrogens is 210 g/mol. The topological polar surface area (TPSA) is 87.4 Å². The summed E-state index contributed by atoms with van der Waals surface area (Å²) in [4.78, 5) is 21.9. The monoisotopic (exact) mass is 223 g/mol. The first-order chi connectivity index (χ1) is 7.36. The predicted molar refractivity (Wildman–Crippen MR) is 54.1 cm³/mol. The van der Waals surface area contributed by atoms with Crippen molar-refractivity contribution in [2.24, 2.45) is 17.3 Å². The van der Waals surface area contributed by atoms with Crippen LogP contribution >= 0.6 is 0 Å². The van der Waals surface area contributed by atoms with Crippen LogP contribution in [0.3, 0.4) is 0 Å². The number of rotatable bonds is 4. The van der Waals surface area contributed by atoms with Gasteiger partial charge in [0.1, 0.15) is 11.8 Å². The average molecular weight is 223 g/mol. The van der Waals surface area contributed by atoms with Gasteiger partial charge in [-0.2, -0.15) is 5.26 Å². The minimum atomic E-state index is -0.914. The second kappa shape index (κ2) is 3.97. The van der Waals surface area contributed by atoms with Gasteiger partial charge in [-0.3, -0.25) is 9.59 Å². The Balaban J connectivity index is 2.94. The predicted octanol–water partition coefficient (Wildman–Crippen LogP) is 0.966. The second-order valence-corrected chi connectivity index (χ2v) is 4.34. The first-order valence-electron chi connectivity index (χ1n) is 4.78. The number of aliphatic carboxylic acids is 1. The molecule has 0 aliphatic heterocycles. The standard InChI is InChI=1S/C11H13NO4/c1-11(2)8(9(11)10(14)15)7(16-3)4-6(13)5-12/h4,8-9H,1-3H3,(H,14,15). The molecule has 1 saturated carbocycles. The molecule has 1 rings (SSSR count). The number of nitriles is 1. The van der Waals surface area contributed by atoms with E-state index in [2.05, 4.69) is 0 Å². The number of nitrogens with zero attached hydrogens (tertiary/aromatic N) is 1. The molecule has 0 heterocycles. The van der Waals surface area contributed by atoms with Crippen LogP contribution in [0, 0.1) is 28.6 Å². The van der Waals surface area contributed by atoms with Crippen molar-refractivity contribution in [3.8, 4) is 6.07 Å². The smallest absolute Gasteiger partial charge is 0.307 e. The number of hydrogen-bond acceptors (Lipinski definition) is 4. The molecular formula is C11H13NO4. The fraction of sp³-hybridized carbons (Fsp3) is 0.545. The van der Waals surface area contributed by atoms with E-state index in [-0.39, 0.29) is 11.7 Å². The van der Waals surface area contributed by atoms with E-state index in [0.29, 0.717) is 0 Å². The maximum atomic E-state index is 10.9. The van der Waals surface area contributed by atoms with Crippen LogP contribution in [-0.4, -0.2) is 24.0 Å². The summed E-state index contributed by atoms with van der Waals surface area (Å²) in [5.41, 5.74) is -0.441. The molecule has 5 nitrogen and oxygen atoms in total. The van der Waals surface area contributed by atoms with Gasteiger partial charge in [0.05, 0.1) is 13.0 Å². The van der Waals surface area contributed by atoms with Crippen molar-refractivity contribution in [3.63, 3.8) is 0 Å². The van der Waals surface area contributed by atoms with E-state index in [1.807, 2.05) is 0 Å². The largest absolute Gasteiger partial charge is 0.501 e. The summed E-state index contributed by atoms with van der Waals surface area (Å²) in [6.07, 6.45) is 1.06. The maximum absolute atomic E-state index is 10.9. The Bertz CT molecular complexity index is 403. The van der Waals surface area contributed by atoms with Gasteiger partial charge in [-0.25, -0.2) is 0 Å². The van der Waals surface area contributed by atoms with Crippen LogP contribution in [0.15, 0.2) is 11.8 Å². The van der Waals surface area contributed by atoms with Gasteiger partial charge in [-0.05, 0) is 5.41 Å². The van der Waals surface area contributed by atoms with Crippen molar-refractivity contribution in [1.82, 2.24) is 0 Å². The Hall–Kier alpha value is -1.83. The molecule has 0 saturated heterocycles. The van der Waals surface area contributed by atoms with Gasteiger partial charge in [0.15, 0.2) is 0 Å². The van der Waals surface area contributed by atoms with Crippen molar-refractivity contribution in [2.75, 3.05) is 7.11 Å². The summed E-state index contributed by atoms with van der Waals surface area (Å²) in [7, 11) is 1.36. The lowest BCUT2D eigenvalue weighted by molar-refractivity contribution is -0.139. The molecule has 1 fully saturated rings. The van der Waals surface area contributed by atoms with Crippen LogP contribution in [0.5, 0.6) is 0 Å². The van der Waals surface area contributed by atoms with Gasteiger partial charge >= 0.3 is 5.97 Å². The number of methoxy groups -OCH3 is 1. The minimum Gasteiger partial charge on any atom is -0.501 e. The summed E-state index contributed by atoms with van der Waals surface area (Å²) in [6, 6.07) is 1.44. The lowest BCUT2D eigenvalue weighted by Gasteiger charge is -2.05. The zero-order valence-corrected chi connectivity index (χ0v) is 9.35. The van der Waals surface area contributed by atoms with E-state index in [9.17, 15) is 9.59 Å². The summed E-state index contributed by atoms with van der Waals surface area (Å²) in [5.74, 6) is -2.28. The van der Waals surface area contributed by atoms with Crippen molar-refractivity contribution < 1.29 is 19.4 Å². The van der Waals surface area contributed by atoms with Gasteiger partial charge < -0.3 is 9.84 Å². The fourth-order valence-corrected chi connectivity index (χ4v) is 2.07. The van der Waals surface area contributed by atoms with Crippen LogP contribution in [0.1, 0.15) is 13.8 Å². The normalized spacial score (nSPS) is 26.8. The molecule has 16 heavy (non-hydrogen) atoms. The molecule has 1 N–H and O–H groups in total. The van der Waals surface area contributed by atoms with Crippen LogP contribution < -0.4 is 0 Å². The molecule has 0 aromatic carbocycles. The van der Waals surface area contributed by atoms with E-state index < -0.39 is 23.1 Å². The second-order valence-electron chi connectivity index (χ2n) is 4.34. The first-order valence-corrected chi connectivity index (χ1v) is 4.78. The number of carbonyl (C=O) groups is 2. The number of ketones is 1. The third-order valence-corrected chi connectivity index (χ3v) is 3.02. The SMILES string of the molecule is COC(=CC(=O)C#N)C1C(C(=O)O)C1(C)C. The molecule has 86 valence electrons. The lowest BCUT2D eigenvalue weighted by atomic mass is 10.1. The Labute approximate surface area is 93.3 Å². The third kappa shape index (κ3) is 1.91. The van der Waals surface area contributed by atoms with Crippen molar-refractivity contribution >= 4 is 11.8 Å². The van der Waals surface area contributed by atoms with E-state index in [1.54, 1.807) is 13.8 Å². The summed E-state index contributed by atoms with van der Waals surface area (Å²) in [6.45, 7) is 3.58. The molecule has 1 aliphatic rings. The highest BCUT2D eigenvalue weighted by atomic mass is 16.5. The molecule has 0 spiro atoms. The summed E-state index contributed by atoms with van der Waals surface area (Å²) in [5, 5.41) is 17.3. The molecule has 1 aliphatic carbocycles. The zero-order chi connectivity index (χ0) is 12.5. The highest BCUT2D eigenvalue weighted by Crippen LogP contribution is 2.61. The van der Waals surface area contributed by atoms with E-state index >= 15 is 0 Å². The fourth-order valence-electron chi connectivity index (χ4n) is 2.07. The maximum Gasteiger partial charge on any atom is 0.307 e. The van der Waals surface area contributed by atoms with Gasteiger partial charge in [-0.15, -0.1) is 0 Å². The molecule has 2 atom stereocenters. The molecule has 0 amide bonds. The molecule has 0 aromatic heterocycles. The lowest BCUT2D eigenvalue weighted by Crippen LogP contribution is -2.04.